The number of rotatable bonds is 5. The van der Waals surface area contributed by atoms with Gasteiger partial charge in [0.15, 0.2) is 0 Å². The lowest BCUT2D eigenvalue weighted by atomic mass is 10.2. The van der Waals surface area contributed by atoms with Crippen LogP contribution in [0, 0.1) is 0 Å². The van der Waals surface area contributed by atoms with Crippen molar-refractivity contribution in [1.29, 1.82) is 0 Å². The van der Waals surface area contributed by atoms with E-state index in [-0.39, 0.29) is 6.04 Å². The van der Waals surface area contributed by atoms with E-state index in [9.17, 15) is 0 Å². The van der Waals surface area contributed by atoms with E-state index >= 15 is 0 Å². The topological polar surface area (TPSA) is 75.7 Å². The first kappa shape index (κ1) is 11.5. The highest BCUT2D eigenvalue weighted by Crippen LogP contribution is 2.09. The second kappa shape index (κ2) is 5.40. The van der Waals surface area contributed by atoms with Crippen molar-refractivity contribution in [3.8, 4) is 5.88 Å². The quantitative estimate of drug-likeness (QED) is 0.807. The summed E-state index contributed by atoms with van der Waals surface area (Å²) in [6.07, 6.45) is 3.29. The molecule has 2 N–H and O–H groups in total. The lowest BCUT2D eigenvalue weighted by molar-refractivity contribution is 0.397. The van der Waals surface area contributed by atoms with Crippen LogP contribution in [0.15, 0.2) is 24.7 Å². The van der Waals surface area contributed by atoms with Crippen molar-refractivity contribution in [2.75, 3.05) is 7.11 Å². The number of aromatic nitrogens is 4. The van der Waals surface area contributed by atoms with Gasteiger partial charge in [-0.2, -0.15) is 5.10 Å². The molecule has 2 aromatic heterocycles. The largest absolute Gasteiger partial charge is 0.481 e. The third-order valence-corrected chi connectivity index (χ3v) is 2.46. The zero-order valence-corrected chi connectivity index (χ0v) is 9.84. The molecular formula is C11H15N5O. The molecule has 0 aliphatic heterocycles. The highest BCUT2D eigenvalue weighted by Gasteiger charge is 2.07. The number of hydrogen-bond acceptors (Lipinski definition) is 5. The molecule has 1 atom stereocenters. The summed E-state index contributed by atoms with van der Waals surface area (Å²) in [6, 6.07) is 3.95. The second-order valence-corrected chi connectivity index (χ2v) is 3.68. The van der Waals surface area contributed by atoms with Gasteiger partial charge >= 0.3 is 0 Å². The van der Waals surface area contributed by atoms with Gasteiger partial charge in [0.25, 0.3) is 0 Å². The van der Waals surface area contributed by atoms with Crippen molar-refractivity contribution in [2.24, 2.45) is 0 Å². The number of nitrogens with zero attached hydrogens (tertiary/aromatic N) is 3. The average molecular weight is 233 g/mol. The maximum Gasteiger partial charge on any atom is 0.212 e. The van der Waals surface area contributed by atoms with E-state index in [2.05, 4.69) is 25.5 Å². The van der Waals surface area contributed by atoms with Gasteiger partial charge in [-0.15, -0.1) is 0 Å². The summed E-state index contributed by atoms with van der Waals surface area (Å²) in [5.74, 6) is 1.45. The van der Waals surface area contributed by atoms with Crippen LogP contribution in [0.5, 0.6) is 5.88 Å². The Morgan fingerprint density at radius 3 is 2.88 bits per heavy atom. The summed E-state index contributed by atoms with van der Waals surface area (Å²) >= 11 is 0. The van der Waals surface area contributed by atoms with Crippen LogP contribution in [0.2, 0.25) is 0 Å². The molecule has 0 fully saturated rings. The third kappa shape index (κ3) is 3.01. The van der Waals surface area contributed by atoms with E-state index in [0.717, 1.165) is 17.9 Å². The number of hydrogen-bond donors (Lipinski definition) is 2. The van der Waals surface area contributed by atoms with Crippen molar-refractivity contribution >= 4 is 0 Å². The molecule has 6 heteroatoms. The molecule has 0 amide bonds. The van der Waals surface area contributed by atoms with Gasteiger partial charge in [-0.1, -0.05) is 6.07 Å². The number of H-pyrrole nitrogens is 1. The molecule has 0 saturated heterocycles. The molecule has 1 unspecified atom stereocenters. The molecular weight excluding hydrogens is 218 g/mol. The zero-order valence-electron chi connectivity index (χ0n) is 9.84. The minimum absolute atomic E-state index is 0.125. The Labute approximate surface area is 99.4 Å². The molecule has 0 saturated carbocycles. The Bertz CT molecular complexity index is 439. The maximum atomic E-state index is 5.00. The van der Waals surface area contributed by atoms with Gasteiger partial charge in [-0.05, 0) is 12.5 Å². The molecule has 0 aliphatic rings. The molecule has 0 radical (unpaired) electrons. The molecule has 17 heavy (non-hydrogen) atoms. The highest BCUT2D eigenvalue weighted by atomic mass is 16.5. The van der Waals surface area contributed by atoms with Crippen molar-refractivity contribution in [2.45, 2.75) is 19.5 Å². The van der Waals surface area contributed by atoms with Gasteiger partial charge in [0.05, 0.1) is 13.2 Å². The first-order valence-electron chi connectivity index (χ1n) is 5.37. The summed E-state index contributed by atoms with van der Waals surface area (Å²) in [4.78, 5) is 8.23. The molecule has 2 heterocycles. The standard InChI is InChI=1S/C11H15N5O/c1-8(11-14-7-15-16-11)12-5-9-3-4-10(17-2)13-6-9/h3-4,6-8,12H,5H2,1-2H3,(H,14,15,16). The van der Waals surface area contributed by atoms with Crippen LogP contribution >= 0.6 is 0 Å². The normalized spacial score (nSPS) is 12.4. The van der Waals surface area contributed by atoms with E-state index < -0.39 is 0 Å². The first-order chi connectivity index (χ1) is 8.29. The minimum atomic E-state index is 0.125. The van der Waals surface area contributed by atoms with E-state index in [1.165, 1.54) is 6.33 Å². The summed E-state index contributed by atoms with van der Waals surface area (Å²) in [5.41, 5.74) is 1.09. The van der Waals surface area contributed by atoms with Crippen LogP contribution in [0.4, 0.5) is 0 Å². The molecule has 0 aromatic carbocycles. The predicted molar refractivity (Wildman–Crippen MR) is 62.4 cm³/mol. The number of ether oxygens (including phenoxy) is 1. The van der Waals surface area contributed by atoms with Crippen molar-refractivity contribution in [1.82, 2.24) is 25.5 Å². The Kier molecular flexibility index (Phi) is 3.66. The van der Waals surface area contributed by atoms with Crippen molar-refractivity contribution in [3.63, 3.8) is 0 Å². The maximum absolute atomic E-state index is 5.00. The van der Waals surface area contributed by atoms with Crippen LogP contribution < -0.4 is 10.1 Å². The van der Waals surface area contributed by atoms with Gasteiger partial charge in [-0.25, -0.2) is 9.97 Å². The lowest BCUT2D eigenvalue weighted by Crippen LogP contribution is -2.19. The molecule has 0 aliphatic carbocycles. The highest BCUT2D eigenvalue weighted by molar-refractivity contribution is 5.17. The molecule has 0 spiro atoms. The number of aromatic amines is 1. The monoisotopic (exact) mass is 233 g/mol. The molecule has 0 bridgehead atoms. The second-order valence-electron chi connectivity index (χ2n) is 3.68. The van der Waals surface area contributed by atoms with Crippen LogP contribution in [0.1, 0.15) is 24.4 Å². The summed E-state index contributed by atoms with van der Waals surface area (Å²) in [5, 5.41) is 9.97. The average Bonchev–Trinajstić information content (AvgIpc) is 2.90. The smallest absolute Gasteiger partial charge is 0.212 e. The zero-order chi connectivity index (χ0) is 12.1. The van der Waals surface area contributed by atoms with Gasteiger partial charge in [-0.3, -0.25) is 5.10 Å². The van der Waals surface area contributed by atoms with Crippen LogP contribution in [-0.4, -0.2) is 27.3 Å². The Hall–Kier alpha value is -1.95. The van der Waals surface area contributed by atoms with E-state index in [1.807, 2.05) is 19.1 Å². The van der Waals surface area contributed by atoms with Gasteiger partial charge in [0.1, 0.15) is 12.2 Å². The fraction of sp³-hybridized carbons (Fsp3) is 0.364. The minimum Gasteiger partial charge on any atom is -0.481 e. The van der Waals surface area contributed by atoms with E-state index in [1.54, 1.807) is 13.3 Å². The van der Waals surface area contributed by atoms with E-state index in [4.69, 9.17) is 4.74 Å². The molecule has 6 nitrogen and oxygen atoms in total. The van der Waals surface area contributed by atoms with Crippen molar-refractivity contribution in [3.05, 3.63) is 36.0 Å². The molecule has 2 rings (SSSR count). The number of nitrogens with one attached hydrogen (secondary N) is 2. The fourth-order valence-corrected chi connectivity index (χ4v) is 1.43. The SMILES string of the molecule is COc1ccc(CNC(C)c2ncn[nH]2)cn1. The molecule has 2 aromatic rings. The third-order valence-electron chi connectivity index (χ3n) is 2.46. The predicted octanol–water partition coefficient (Wildman–Crippen LogP) is 1.06. The Morgan fingerprint density at radius 1 is 1.41 bits per heavy atom. The Morgan fingerprint density at radius 2 is 2.29 bits per heavy atom. The lowest BCUT2D eigenvalue weighted by Gasteiger charge is -2.10. The number of pyridine rings is 1. The molecule has 90 valence electrons. The van der Waals surface area contributed by atoms with Gasteiger partial charge in [0, 0.05) is 18.8 Å². The summed E-state index contributed by atoms with van der Waals surface area (Å²) in [7, 11) is 1.60. The first-order valence-corrected chi connectivity index (χ1v) is 5.37. The van der Waals surface area contributed by atoms with Gasteiger partial charge < -0.3 is 10.1 Å². The van der Waals surface area contributed by atoms with Crippen LogP contribution in [0.25, 0.3) is 0 Å². The Balaban J connectivity index is 1.89. The number of methoxy groups -OCH3 is 1. The summed E-state index contributed by atoms with van der Waals surface area (Å²) < 4.78 is 5.00. The fourth-order valence-electron chi connectivity index (χ4n) is 1.43. The van der Waals surface area contributed by atoms with Crippen molar-refractivity contribution < 1.29 is 4.74 Å². The van der Waals surface area contributed by atoms with Gasteiger partial charge in [0.2, 0.25) is 5.88 Å². The van der Waals surface area contributed by atoms with Crippen LogP contribution in [-0.2, 0) is 6.54 Å². The van der Waals surface area contributed by atoms with Crippen LogP contribution in [0.3, 0.4) is 0 Å². The summed E-state index contributed by atoms with van der Waals surface area (Å²) in [6.45, 7) is 2.75. The van der Waals surface area contributed by atoms with E-state index in [0.29, 0.717) is 5.88 Å².